The van der Waals surface area contributed by atoms with E-state index in [-0.39, 0.29) is 6.10 Å². The Kier molecular flexibility index (Phi) is 4.23. The Morgan fingerprint density at radius 1 is 1.28 bits per heavy atom. The summed E-state index contributed by atoms with van der Waals surface area (Å²) >= 11 is 0. The lowest BCUT2D eigenvalue weighted by Crippen LogP contribution is -2.21. The van der Waals surface area contributed by atoms with Gasteiger partial charge in [-0.1, -0.05) is 24.2 Å². The van der Waals surface area contributed by atoms with Gasteiger partial charge in [0.05, 0.1) is 26.0 Å². The highest BCUT2D eigenvalue weighted by Crippen LogP contribution is 2.29. The molecule has 3 heterocycles. The predicted octanol–water partition coefficient (Wildman–Crippen LogP) is 3.17. The summed E-state index contributed by atoms with van der Waals surface area (Å²) in [6.07, 6.45) is 1.75. The summed E-state index contributed by atoms with van der Waals surface area (Å²) in [4.78, 5) is 4.40. The molecule has 7 nitrogen and oxygen atoms in total. The molecule has 7 heteroatoms. The number of nitrogens with zero attached hydrogens (tertiary/aromatic N) is 4. The number of ether oxygens (including phenoxy) is 2. The summed E-state index contributed by atoms with van der Waals surface area (Å²) in [6, 6.07) is 9.88. The van der Waals surface area contributed by atoms with Crippen molar-refractivity contribution in [1.82, 2.24) is 19.9 Å². The molecule has 0 N–H and O–H groups in total. The van der Waals surface area contributed by atoms with Crippen LogP contribution in [0, 0.1) is 0 Å². The zero-order chi connectivity index (χ0) is 17.2. The normalized spacial score (nSPS) is 16.6. The smallest absolute Gasteiger partial charge is 0.278 e. The van der Waals surface area contributed by atoms with Crippen molar-refractivity contribution in [1.29, 1.82) is 0 Å². The maximum Gasteiger partial charge on any atom is 0.278 e. The largest absolute Gasteiger partial charge is 0.497 e. The fourth-order valence-corrected chi connectivity index (χ4v) is 2.93. The molecule has 25 heavy (non-hydrogen) atoms. The summed E-state index contributed by atoms with van der Waals surface area (Å²) in [7, 11) is 1.66. The SMILES string of the molecule is CCCc1noc(-c2cc3n(n2)C[C@H](c2ccc(OC)cc2)OC3)n1. The van der Waals surface area contributed by atoms with E-state index in [4.69, 9.17) is 14.0 Å². The van der Waals surface area contributed by atoms with Crippen LogP contribution in [-0.2, 0) is 24.3 Å². The third-order valence-corrected chi connectivity index (χ3v) is 4.28. The van der Waals surface area contributed by atoms with Crippen LogP contribution in [0.2, 0.25) is 0 Å². The number of aryl methyl sites for hydroxylation is 1. The minimum atomic E-state index is -0.0375. The lowest BCUT2D eigenvalue weighted by Gasteiger charge is -2.24. The van der Waals surface area contributed by atoms with E-state index in [0.717, 1.165) is 35.7 Å². The summed E-state index contributed by atoms with van der Waals surface area (Å²) in [5, 5.41) is 8.61. The number of aromatic nitrogens is 4. The monoisotopic (exact) mass is 340 g/mol. The van der Waals surface area contributed by atoms with Crippen LogP contribution in [0.1, 0.15) is 36.5 Å². The third-order valence-electron chi connectivity index (χ3n) is 4.28. The summed E-state index contributed by atoms with van der Waals surface area (Å²) in [6.45, 7) is 3.24. The average molecular weight is 340 g/mol. The fraction of sp³-hybridized carbons (Fsp3) is 0.389. The average Bonchev–Trinajstić information content (AvgIpc) is 3.28. The van der Waals surface area contributed by atoms with Crippen LogP contribution in [0.25, 0.3) is 11.6 Å². The van der Waals surface area contributed by atoms with E-state index >= 15 is 0 Å². The first-order valence-corrected chi connectivity index (χ1v) is 8.42. The molecular weight excluding hydrogens is 320 g/mol. The molecule has 1 aromatic carbocycles. The molecule has 130 valence electrons. The van der Waals surface area contributed by atoms with Gasteiger partial charge in [0.2, 0.25) is 0 Å². The molecule has 1 aliphatic heterocycles. The van der Waals surface area contributed by atoms with Gasteiger partial charge in [0.25, 0.3) is 5.89 Å². The zero-order valence-electron chi connectivity index (χ0n) is 14.3. The van der Waals surface area contributed by atoms with Gasteiger partial charge >= 0.3 is 0 Å². The Labute approximate surface area is 145 Å². The lowest BCUT2D eigenvalue weighted by molar-refractivity contribution is -0.00115. The number of rotatable bonds is 5. The van der Waals surface area contributed by atoms with E-state index in [1.54, 1.807) is 7.11 Å². The minimum Gasteiger partial charge on any atom is -0.497 e. The standard InChI is InChI=1S/C18H20N4O3/c1-3-4-17-19-18(25-21-17)15-9-13-11-24-16(10-22(13)20-15)12-5-7-14(23-2)8-6-12/h5-9,16H,3-4,10-11H2,1-2H3/t16-/m1/s1. The molecule has 0 aliphatic carbocycles. The van der Waals surface area contributed by atoms with E-state index in [9.17, 15) is 0 Å². The summed E-state index contributed by atoms with van der Waals surface area (Å²) in [5.74, 6) is 2.02. The van der Waals surface area contributed by atoms with Crippen molar-refractivity contribution in [3.63, 3.8) is 0 Å². The first kappa shape index (κ1) is 15.8. The summed E-state index contributed by atoms with van der Waals surface area (Å²) < 4.78 is 18.5. The second kappa shape index (κ2) is 6.68. The van der Waals surface area contributed by atoms with Crippen molar-refractivity contribution in [2.45, 2.75) is 39.0 Å². The van der Waals surface area contributed by atoms with Gasteiger partial charge in [0.1, 0.15) is 11.9 Å². The maximum atomic E-state index is 5.99. The quantitative estimate of drug-likeness (QED) is 0.710. The van der Waals surface area contributed by atoms with E-state index in [1.165, 1.54) is 0 Å². The molecule has 2 aromatic heterocycles. The van der Waals surface area contributed by atoms with Crippen molar-refractivity contribution < 1.29 is 14.0 Å². The Morgan fingerprint density at radius 3 is 2.88 bits per heavy atom. The van der Waals surface area contributed by atoms with E-state index < -0.39 is 0 Å². The van der Waals surface area contributed by atoms with Crippen LogP contribution in [-0.4, -0.2) is 27.0 Å². The minimum absolute atomic E-state index is 0.0375. The van der Waals surface area contributed by atoms with Gasteiger partial charge < -0.3 is 14.0 Å². The van der Waals surface area contributed by atoms with Gasteiger partial charge in [-0.15, -0.1) is 0 Å². The van der Waals surface area contributed by atoms with Crippen molar-refractivity contribution >= 4 is 0 Å². The highest BCUT2D eigenvalue weighted by Gasteiger charge is 2.24. The van der Waals surface area contributed by atoms with Crippen LogP contribution >= 0.6 is 0 Å². The molecule has 1 atom stereocenters. The molecule has 0 bridgehead atoms. The second-order valence-electron chi connectivity index (χ2n) is 6.04. The predicted molar refractivity (Wildman–Crippen MR) is 90.0 cm³/mol. The Morgan fingerprint density at radius 2 is 2.12 bits per heavy atom. The maximum absolute atomic E-state index is 5.99. The summed E-state index contributed by atoms with van der Waals surface area (Å²) in [5.41, 5.74) is 2.81. The van der Waals surface area contributed by atoms with Gasteiger partial charge in [0, 0.05) is 6.42 Å². The first-order valence-electron chi connectivity index (χ1n) is 8.42. The van der Waals surface area contributed by atoms with Gasteiger partial charge in [0.15, 0.2) is 11.5 Å². The van der Waals surface area contributed by atoms with Crippen LogP contribution in [0.4, 0.5) is 0 Å². The molecule has 1 aliphatic rings. The van der Waals surface area contributed by atoms with E-state index in [0.29, 0.717) is 24.7 Å². The fourth-order valence-electron chi connectivity index (χ4n) is 2.93. The van der Waals surface area contributed by atoms with E-state index in [2.05, 4.69) is 22.2 Å². The van der Waals surface area contributed by atoms with Gasteiger partial charge in [-0.05, 0) is 30.2 Å². The van der Waals surface area contributed by atoms with Crippen molar-refractivity contribution in [2.75, 3.05) is 7.11 Å². The molecule has 3 aromatic rings. The highest BCUT2D eigenvalue weighted by molar-refractivity contribution is 5.47. The molecule has 0 saturated heterocycles. The topological polar surface area (TPSA) is 75.2 Å². The third kappa shape index (κ3) is 3.15. The molecule has 4 rings (SSSR count). The molecular formula is C18H20N4O3. The van der Waals surface area contributed by atoms with Crippen molar-refractivity contribution in [2.24, 2.45) is 0 Å². The van der Waals surface area contributed by atoms with Gasteiger partial charge in [-0.25, -0.2) is 0 Å². The van der Waals surface area contributed by atoms with Gasteiger partial charge in [-0.2, -0.15) is 10.1 Å². The molecule has 0 spiro atoms. The molecule has 0 fully saturated rings. The van der Waals surface area contributed by atoms with Crippen LogP contribution in [0.15, 0.2) is 34.9 Å². The number of hydrogen-bond acceptors (Lipinski definition) is 6. The van der Waals surface area contributed by atoms with Crippen LogP contribution < -0.4 is 4.74 Å². The molecule has 0 saturated carbocycles. The number of hydrogen-bond donors (Lipinski definition) is 0. The Hall–Kier alpha value is -2.67. The van der Waals surface area contributed by atoms with Crippen molar-refractivity contribution in [3.05, 3.63) is 47.4 Å². The second-order valence-corrected chi connectivity index (χ2v) is 6.04. The zero-order valence-corrected chi connectivity index (χ0v) is 14.3. The number of benzene rings is 1. The van der Waals surface area contributed by atoms with Crippen molar-refractivity contribution in [3.8, 4) is 17.3 Å². The Balaban J connectivity index is 1.53. The van der Waals surface area contributed by atoms with Crippen LogP contribution in [0.5, 0.6) is 5.75 Å². The number of fused-ring (bicyclic) bond motifs is 1. The first-order chi connectivity index (χ1) is 12.3. The van der Waals surface area contributed by atoms with E-state index in [1.807, 2.05) is 35.0 Å². The Bertz CT molecular complexity index is 854. The molecule has 0 unspecified atom stereocenters. The lowest BCUT2D eigenvalue weighted by atomic mass is 10.1. The molecule has 0 amide bonds. The molecule has 0 radical (unpaired) electrons. The number of methoxy groups -OCH3 is 1. The van der Waals surface area contributed by atoms with Crippen LogP contribution in [0.3, 0.4) is 0 Å². The van der Waals surface area contributed by atoms with Gasteiger partial charge in [-0.3, -0.25) is 4.68 Å². The highest BCUT2D eigenvalue weighted by atomic mass is 16.5.